The van der Waals surface area contributed by atoms with Gasteiger partial charge in [-0.15, -0.1) is 0 Å². The van der Waals surface area contributed by atoms with E-state index in [1.807, 2.05) is 31.4 Å². The lowest BCUT2D eigenvalue weighted by Crippen LogP contribution is -2.23. The number of hydrogen-bond acceptors (Lipinski definition) is 6. The maximum absolute atomic E-state index is 11.4. The Morgan fingerprint density at radius 1 is 0.682 bits per heavy atom. The van der Waals surface area contributed by atoms with Crippen molar-refractivity contribution in [2.75, 3.05) is 26.4 Å². The number of carbonyl (C=O) groups is 2. The van der Waals surface area contributed by atoms with Crippen molar-refractivity contribution in [2.45, 2.75) is 37.5 Å². The van der Waals surface area contributed by atoms with Crippen LogP contribution in [-0.4, -0.2) is 82.0 Å². The van der Waals surface area contributed by atoms with Gasteiger partial charge in [0.1, 0.15) is 44.6 Å². The highest BCUT2D eigenvalue weighted by molar-refractivity contribution is 6.12. The van der Waals surface area contributed by atoms with Crippen LogP contribution in [-0.2, 0) is 28.5 Å². The van der Waals surface area contributed by atoms with Crippen molar-refractivity contribution >= 4 is 43.3 Å². The average molecular weight is 310 g/mol. The molecule has 0 fully saturated rings. The zero-order valence-corrected chi connectivity index (χ0v) is 14.3. The SMILES string of the molecule is BCC(CB)OC(=O)COCCOCC(=O)OC(CB)CB. The summed E-state index contributed by atoms with van der Waals surface area (Å²) in [6, 6.07) is 0. The largest absolute Gasteiger partial charge is 0.462 e. The van der Waals surface area contributed by atoms with Gasteiger partial charge in [-0.25, -0.2) is 9.59 Å². The fourth-order valence-corrected chi connectivity index (χ4v) is 1.78. The zero-order valence-electron chi connectivity index (χ0n) is 14.3. The molecule has 0 aromatic carbocycles. The van der Waals surface area contributed by atoms with Crippen LogP contribution >= 0.6 is 0 Å². The van der Waals surface area contributed by atoms with Gasteiger partial charge in [-0.3, -0.25) is 0 Å². The third-order valence-corrected chi connectivity index (χ3v) is 3.23. The molecule has 0 aliphatic heterocycles. The average Bonchev–Trinajstić information content (AvgIpc) is 2.53. The lowest BCUT2D eigenvalue weighted by atomic mass is 9.89. The Morgan fingerprint density at radius 3 is 1.27 bits per heavy atom. The first kappa shape index (κ1) is 21.1. The standard InChI is InChI=1S/C12H26B4O6/c13-3-9(4-14)21-11(17)7-19-1-2-20-8-12(18)22-10(5-15)6-16/h9-10H,1-8,13-16H2. The van der Waals surface area contributed by atoms with Crippen molar-refractivity contribution < 1.29 is 28.5 Å². The Labute approximate surface area is 136 Å². The van der Waals surface area contributed by atoms with Crippen LogP contribution in [0.1, 0.15) is 0 Å². The van der Waals surface area contributed by atoms with Gasteiger partial charge < -0.3 is 18.9 Å². The first-order valence-corrected chi connectivity index (χ1v) is 8.11. The van der Waals surface area contributed by atoms with Crippen molar-refractivity contribution in [1.82, 2.24) is 0 Å². The van der Waals surface area contributed by atoms with Crippen LogP contribution in [0, 0.1) is 0 Å². The minimum atomic E-state index is -0.373. The maximum atomic E-state index is 11.4. The Balaban J connectivity index is 3.57. The summed E-state index contributed by atoms with van der Waals surface area (Å²) in [4.78, 5) is 22.9. The molecule has 0 heterocycles. The van der Waals surface area contributed by atoms with E-state index in [0.29, 0.717) is 0 Å². The summed E-state index contributed by atoms with van der Waals surface area (Å²) in [6.45, 7) is 0.267. The number of esters is 2. The predicted molar refractivity (Wildman–Crippen MR) is 94.8 cm³/mol. The molecule has 0 aliphatic rings. The van der Waals surface area contributed by atoms with E-state index in [4.69, 9.17) is 18.9 Å². The molecule has 122 valence electrons. The second kappa shape index (κ2) is 13.8. The number of carbonyl (C=O) groups excluding carboxylic acids is 2. The molecule has 0 saturated carbocycles. The van der Waals surface area contributed by atoms with Crippen LogP contribution in [0.2, 0.25) is 25.3 Å². The third kappa shape index (κ3) is 10.8. The summed E-state index contributed by atoms with van der Waals surface area (Å²) in [7, 11) is 7.88. The van der Waals surface area contributed by atoms with Gasteiger partial charge in [0, 0.05) is 0 Å². The predicted octanol–water partition coefficient (Wildman–Crippen LogP) is -2.95. The Morgan fingerprint density at radius 2 is 1.00 bits per heavy atom. The Bertz CT molecular complexity index is 280. The summed E-state index contributed by atoms with van der Waals surface area (Å²) >= 11 is 0. The maximum Gasteiger partial charge on any atom is 0.332 e. The van der Waals surface area contributed by atoms with E-state index in [1.54, 1.807) is 0 Å². The quantitative estimate of drug-likeness (QED) is 0.206. The van der Waals surface area contributed by atoms with Crippen molar-refractivity contribution in [3.05, 3.63) is 0 Å². The van der Waals surface area contributed by atoms with E-state index in [-0.39, 0.29) is 50.6 Å². The molecule has 0 aromatic heterocycles. The zero-order chi connectivity index (χ0) is 16.8. The van der Waals surface area contributed by atoms with Crippen molar-refractivity contribution in [3.8, 4) is 0 Å². The fraction of sp³-hybridized carbons (Fsp3) is 0.833. The lowest BCUT2D eigenvalue weighted by Gasteiger charge is -2.14. The highest BCUT2D eigenvalue weighted by atomic mass is 16.6. The summed E-state index contributed by atoms with van der Waals surface area (Å²) < 4.78 is 20.6. The van der Waals surface area contributed by atoms with Gasteiger partial charge in [-0.05, 0) is 25.3 Å². The van der Waals surface area contributed by atoms with Crippen LogP contribution in [0.4, 0.5) is 0 Å². The summed E-state index contributed by atoms with van der Waals surface area (Å²) in [5, 5.41) is 0. The Hall–Kier alpha value is -0.880. The summed E-state index contributed by atoms with van der Waals surface area (Å²) in [5.41, 5.74) is 0. The smallest absolute Gasteiger partial charge is 0.332 e. The molecule has 0 rings (SSSR count). The normalized spacial score (nSPS) is 10.8. The van der Waals surface area contributed by atoms with Gasteiger partial charge in [0.25, 0.3) is 0 Å². The molecule has 10 heteroatoms. The van der Waals surface area contributed by atoms with Crippen LogP contribution < -0.4 is 0 Å². The molecule has 0 amide bonds. The molecular weight excluding hydrogens is 283 g/mol. The molecule has 0 unspecified atom stereocenters. The molecule has 0 saturated heterocycles. The van der Waals surface area contributed by atoms with Crippen molar-refractivity contribution in [2.24, 2.45) is 0 Å². The topological polar surface area (TPSA) is 71.1 Å². The molecule has 0 radical (unpaired) electrons. The minimum Gasteiger partial charge on any atom is -0.462 e. The van der Waals surface area contributed by atoms with E-state index in [9.17, 15) is 9.59 Å². The number of hydrogen-bond donors (Lipinski definition) is 0. The minimum absolute atomic E-state index is 0.0489. The second-order valence-corrected chi connectivity index (χ2v) is 4.96. The molecule has 0 atom stereocenters. The van der Waals surface area contributed by atoms with E-state index < -0.39 is 0 Å². The number of rotatable bonds is 13. The first-order valence-electron chi connectivity index (χ1n) is 8.11. The first-order chi connectivity index (χ1) is 10.6. The highest BCUT2D eigenvalue weighted by Crippen LogP contribution is 2.02. The number of ether oxygens (including phenoxy) is 4. The third-order valence-electron chi connectivity index (χ3n) is 3.23. The molecule has 0 aliphatic carbocycles. The molecule has 6 nitrogen and oxygen atoms in total. The molecule has 0 bridgehead atoms. The van der Waals surface area contributed by atoms with Crippen LogP contribution in [0.25, 0.3) is 0 Å². The highest BCUT2D eigenvalue weighted by Gasteiger charge is 2.11. The molecule has 0 aromatic rings. The van der Waals surface area contributed by atoms with E-state index in [2.05, 4.69) is 0 Å². The summed E-state index contributed by atoms with van der Waals surface area (Å²) in [6.07, 6.45) is 3.08. The van der Waals surface area contributed by atoms with Gasteiger partial charge in [0.15, 0.2) is 0 Å². The molecule has 0 spiro atoms. The van der Waals surface area contributed by atoms with Crippen LogP contribution in [0.15, 0.2) is 0 Å². The van der Waals surface area contributed by atoms with E-state index in [0.717, 1.165) is 25.3 Å². The van der Waals surface area contributed by atoms with Gasteiger partial charge in [0.05, 0.1) is 25.4 Å². The second-order valence-electron chi connectivity index (χ2n) is 4.96. The van der Waals surface area contributed by atoms with Crippen LogP contribution in [0.5, 0.6) is 0 Å². The van der Waals surface area contributed by atoms with Gasteiger partial charge >= 0.3 is 11.9 Å². The Kier molecular flexibility index (Phi) is 13.2. The molecule has 22 heavy (non-hydrogen) atoms. The fourth-order valence-electron chi connectivity index (χ4n) is 1.78. The monoisotopic (exact) mass is 310 g/mol. The van der Waals surface area contributed by atoms with E-state index in [1.165, 1.54) is 0 Å². The lowest BCUT2D eigenvalue weighted by molar-refractivity contribution is -0.156. The molecular formula is C12H26B4O6. The van der Waals surface area contributed by atoms with Gasteiger partial charge in [-0.1, -0.05) is 0 Å². The van der Waals surface area contributed by atoms with Gasteiger partial charge in [0.2, 0.25) is 0 Å². The molecule has 0 N–H and O–H groups in total. The van der Waals surface area contributed by atoms with Gasteiger partial charge in [-0.2, -0.15) is 0 Å². The summed E-state index contributed by atoms with van der Waals surface area (Å²) in [5.74, 6) is -0.747. The van der Waals surface area contributed by atoms with E-state index >= 15 is 0 Å². The van der Waals surface area contributed by atoms with Crippen LogP contribution in [0.3, 0.4) is 0 Å². The van der Waals surface area contributed by atoms with Crippen molar-refractivity contribution in [3.63, 3.8) is 0 Å². The van der Waals surface area contributed by atoms with Crippen molar-refractivity contribution in [1.29, 1.82) is 0 Å².